The zero-order valence-electron chi connectivity index (χ0n) is 4.94. The second-order valence-electron chi connectivity index (χ2n) is 1.80. The molecule has 0 saturated heterocycles. The van der Waals surface area contributed by atoms with Crippen molar-refractivity contribution in [3.63, 3.8) is 0 Å². The van der Waals surface area contributed by atoms with E-state index in [1.165, 1.54) is 12.1 Å². The molecule has 0 aliphatic carbocycles. The minimum Gasteiger partial charge on any atom is -0.504 e. The van der Waals surface area contributed by atoms with Gasteiger partial charge in [0.15, 0.2) is 11.6 Å². The molecule has 0 amide bonds. The first-order valence-corrected chi connectivity index (χ1v) is 3.34. The minimum absolute atomic E-state index is 0.0549. The third-order valence-electron chi connectivity index (χ3n) is 1.10. The number of hydrogen-bond acceptors (Lipinski definition) is 2. The Bertz CT molecular complexity index is 237. The topological polar surface area (TPSA) is 46.2 Å². The fourth-order valence-electron chi connectivity index (χ4n) is 0.557. The van der Waals surface area contributed by atoms with Gasteiger partial charge in [0, 0.05) is 0 Å². The molecule has 0 aromatic heterocycles. The quantitative estimate of drug-likeness (QED) is 0.636. The largest absolute Gasteiger partial charge is 0.504 e. The zero-order chi connectivity index (χ0) is 7.72. The van der Waals surface area contributed by atoms with Crippen LogP contribution in [-0.2, 0) is 0 Å². The standard InChI is InChI=1S/C6H5BrFNO/c7-3-1-2-4(9)5(8)6(3)10/h1-2,10H,9H2. The summed E-state index contributed by atoms with van der Waals surface area (Å²) in [6, 6.07) is 2.85. The van der Waals surface area contributed by atoms with Crippen LogP contribution in [0.25, 0.3) is 0 Å². The average Bonchev–Trinajstić information content (AvgIpc) is 1.93. The predicted octanol–water partition coefficient (Wildman–Crippen LogP) is 1.88. The molecule has 10 heavy (non-hydrogen) atoms. The Hall–Kier alpha value is -0.770. The van der Waals surface area contributed by atoms with E-state index in [0.29, 0.717) is 4.47 Å². The van der Waals surface area contributed by atoms with E-state index in [4.69, 9.17) is 10.8 Å². The van der Waals surface area contributed by atoms with Crippen LogP contribution in [0.5, 0.6) is 5.75 Å². The molecule has 0 bridgehead atoms. The lowest BCUT2D eigenvalue weighted by Gasteiger charge is -1.99. The monoisotopic (exact) mass is 205 g/mol. The lowest BCUT2D eigenvalue weighted by Crippen LogP contribution is -1.89. The zero-order valence-corrected chi connectivity index (χ0v) is 6.52. The van der Waals surface area contributed by atoms with Gasteiger partial charge >= 0.3 is 0 Å². The lowest BCUT2D eigenvalue weighted by molar-refractivity contribution is 0.431. The van der Waals surface area contributed by atoms with Crippen molar-refractivity contribution in [2.24, 2.45) is 0 Å². The Morgan fingerprint density at radius 3 is 2.60 bits per heavy atom. The predicted molar refractivity (Wildman–Crippen MR) is 40.2 cm³/mol. The Kier molecular flexibility index (Phi) is 1.80. The Balaban J connectivity index is 3.34. The molecule has 2 nitrogen and oxygen atoms in total. The molecule has 0 fully saturated rings. The SMILES string of the molecule is Nc1ccc(Br)c(O)c1F. The van der Waals surface area contributed by atoms with Crippen LogP contribution in [0.2, 0.25) is 0 Å². The van der Waals surface area contributed by atoms with Crippen molar-refractivity contribution in [3.8, 4) is 5.75 Å². The normalized spacial score (nSPS) is 9.80. The van der Waals surface area contributed by atoms with Crippen LogP contribution >= 0.6 is 15.9 Å². The van der Waals surface area contributed by atoms with Gasteiger partial charge in [-0.3, -0.25) is 0 Å². The number of benzene rings is 1. The van der Waals surface area contributed by atoms with Crippen LogP contribution in [0, 0.1) is 5.82 Å². The first-order chi connectivity index (χ1) is 4.63. The highest BCUT2D eigenvalue weighted by Gasteiger charge is 2.06. The third-order valence-corrected chi connectivity index (χ3v) is 1.74. The number of phenols is 1. The molecule has 1 aromatic carbocycles. The molecule has 0 spiro atoms. The smallest absolute Gasteiger partial charge is 0.188 e. The van der Waals surface area contributed by atoms with E-state index < -0.39 is 11.6 Å². The summed E-state index contributed by atoms with van der Waals surface area (Å²) in [7, 11) is 0. The molecule has 0 unspecified atom stereocenters. The summed E-state index contributed by atoms with van der Waals surface area (Å²) in [5.41, 5.74) is 5.08. The molecule has 1 aromatic rings. The molecule has 0 saturated carbocycles. The number of hydrogen-bond donors (Lipinski definition) is 2. The molecule has 54 valence electrons. The van der Waals surface area contributed by atoms with E-state index in [9.17, 15) is 4.39 Å². The van der Waals surface area contributed by atoms with Crippen LogP contribution in [0.3, 0.4) is 0 Å². The number of aromatic hydroxyl groups is 1. The fraction of sp³-hybridized carbons (Fsp3) is 0. The maximum absolute atomic E-state index is 12.6. The number of nitrogen functional groups attached to an aromatic ring is 1. The van der Waals surface area contributed by atoms with Crippen molar-refractivity contribution in [3.05, 3.63) is 22.4 Å². The number of halogens is 2. The first kappa shape index (κ1) is 7.34. The molecule has 1 rings (SSSR count). The number of nitrogens with two attached hydrogens (primary N) is 1. The van der Waals surface area contributed by atoms with E-state index in [0.717, 1.165) is 0 Å². The fourth-order valence-corrected chi connectivity index (χ4v) is 0.863. The van der Waals surface area contributed by atoms with E-state index in [1.807, 2.05) is 0 Å². The van der Waals surface area contributed by atoms with Crippen molar-refractivity contribution in [1.29, 1.82) is 0 Å². The maximum atomic E-state index is 12.6. The number of rotatable bonds is 0. The van der Waals surface area contributed by atoms with Gasteiger partial charge in [-0.2, -0.15) is 0 Å². The molecule has 3 N–H and O–H groups in total. The average molecular weight is 206 g/mol. The van der Waals surface area contributed by atoms with Crippen molar-refractivity contribution >= 4 is 21.6 Å². The lowest BCUT2D eigenvalue weighted by atomic mass is 10.3. The Labute approximate surface area is 65.6 Å². The van der Waals surface area contributed by atoms with Crippen molar-refractivity contribution in [2.75, 3.05) is 5.73 Å². The van der Waals surface area contributed by atoms with E-state index in [2.05, 4.69) is 15.9 Å². The van der Waals surface area contributed by atoms with Crippen LogP contribution in [0.4, 0.5) is 10.1 Å². The van der Waals surface area contributed by atoms with Crippen LogP contribution in [0.1, 0.15) is 0 Å². The summed E-state index contributed by atoms with van der Waals surface area (Å²) in [4.78, 5) is 0. The number of anilines is 1. The highest BCUT2D eigenvalue weighted by atomic mass is 79.9. The second-order valence-corrected chi connectivity index (χ2v) is 2.65. The van der Waals surface area contributed by atoms with Gasteiger partial charge in [-0.15, -0.1) is 0 Å². The van der Waals surface area contributed by atoms with E-state index >= 15 is 0 Å². The molecule has 0 atom stereocenters. The van der Waals surface area contributed by atoms with Crippen LogP contribution in [0.15, 0.2) is 16.6 Å². The van der Waals surface area contributed by atoms with Gasteiger partial charge in [0.25, 0.3) is 0 Å². The summed E-state index contributed by atoms with van der Waals surface area (Å²) in [5.74, 6) is -1.23. The summed E-state index contributed by atoms with van der Waals surface area (Å²) < 4.78 is 12.9. The maximum Gasteiger partial charge on any atom is 0.188 e. The van der Waals surface area contributed by atoms with Gasteiger partial charge in [-0.25, -0.2) is 4.39 Å². The summed E-state index contributed by atoms with van der Waals surface area (Å²) in [6.45, 7) is 0. The van der Waals surface area contributed by atoms with Crippen LogP contribution < -0.4 is 5.73 Å². The molecule has 0 aliphatic rings. The van der Waals surface area contributed by atoms with Gasteiger partial charge < -0.3 is 10.8 Å². The highest BCUT2D eigenvalue weighted by molar-refractivity contribution is 9.10. The van der Waals surface area contributed by atoms with E-state index in [-0.39, 0.29) is 5.69 Å². The Morgan fingerprint density at radius 2 is 2.10 bits per heavy atom. The summed E-state index contributed by atoms with van der Waals surface area (Å²) in [5, 5.41) is 8.89. The number of phenolic OH excluding ortho intramolecular Hbond substituents is 1. The molecule has 4 heteroatoms. The van der Waals surface area contributed by atoms with Crippen molar-refractivity contribution in [1.82, 2.24) is 0 Å². The van der Waals surface area contributed by atoms with Gasteiger partial charge in [-0.1, -0.05) is 0 Å². The first-order valence-electron chi connectivity index (χ1n) is 2.55. The van der Waals surface area contributed by atoms with Gasteiger partial charge in [0.2, 0.25) is 0 Å². The highest BCUT2D eigenvalue weighted by Crippen LogP contribution is 2.29. The molecular weight excluding hydrogens is 201 g/mol. The molecule has 0 aliphatic heterocycles. The second kappa shape index (κ2) is 2.46. The van der Waals surface area contributed by atoms with E-state index in [1.54, 1.807) is 0 Å². The molecule has 0 heterocycles. The summed E-state index contributed by atoms with van der Waals surface area (Å²) >= 11 is 2.93. The molecular formula is C6H5BrFNO. The minimum atomic E-state index is -0.783. The molecule has 0 radical (unpaired) electrons. The van der Waals surface area contributed by atoms with Crippen molar-refractivity contribution in [2.45, 2.75) is 0 Å². The summed E-state index contributed by atoms with van der Waals surface area (Å²) in [6.07, 6.45) is 0. The van der Waals surface area contributed by atoms with Crippen LogP contribution in [-0.4, -0.2) is 5.11 Å². The van der Waals surface area contributed by atoms with Crippen molar-refractivity contribution < 1.29 is 9.50 Å². The van der Waals surface area contributed by atoms with Gasteiger partial charge in [0.1, 0.15) is 0 Å². The van der Waals surface area contributed by atoms with Gasteiger partial charge in [0.05, 0.1) is 10.2 Å². The Morgan fingerprint density at radius 1 is 1.50 bits per heavy atom. The van der Waals surface area contributed by atoms with Gasteiger partial charge in [-0.05, 0) is 28.1 Å². The third kappa shape index (κ3) is 1.07.